The van der Waals surface area contributed by atoms with E-state index in [9.17, 15) is 0 Å². The van der Waals surface area contributed by atoms with E-state index in [1.165, 1.54) is 28.8 Å². The van der Waals surface area contributed by atoms with E-state index in [0.29, 0.717) is 0 Å². The SMILES string of the molecule is Cc1cc(C)c(-n2ccnc2-c2cccc3ncoc23)c(C)c1. The van der Waals surface area contributed by atoms with Crippen LogP contribution in [-0.4, -0.2) is 14.5 Å². The van der Waals surface area contributed by atoms with E-state index in [1.807, 2.05) is 30.6 Å². The van der Waals surface area contributed by atoms with Crippen molar-refractivity contribution in [3.8, 4) is 17.1 Å². The maximum absolute atomic E-state index is 5.58. The van der Waals surface area contributed by atoms with Crippen molar-refractivity contribution < 1.29 is 4.42 Å². The summed E-state index contributed by atoms with van der Waals surface area (Å²) in [4.78, 5) is 8.81. The third-order valence-corrected chi connectivity index (χ3v) is 4.11. The van der Waals surface area contributed by atoms with Gasteiger partial charge in [0.2, 0.25) is 0 Å². The van der Waals surface area contributed by atoms with Gasteiger partial charge in [-0.2, -0.15) is 0 Å². The Bertz CT molecular complexity index is 987. The normalized spacial score (nSPS) is 11.3. The number of aryl methyl sites for hydroxylation is 3. The fourth-order valence-electron chi connectivity index (χ4n) is 3.30. The van der Waals surface area contributed by atoms with Crippen molar-refractivity contribution in [2.45, 2.75) is 20.8 Å². The summed E-state index contributed by atoms with van der Waals surface area (Å²) in [5.74, 6) is 0.863. The van der Waals surface area contributed by atoms with E-state index in [0.717, 1.165) is 22.5 Å². The summed E-state index contributed by atoms with van der Waals surface area (Å²) in [6.07, 6.45) is 5.29. The predicted octanol–water partition coefficient (Wildman–Crippen LogP) is 4.61. The monoisotopic (exact) mass is 303 g/mol. The molecule has 0 N–H and O–H groups in total. The highest BCUT2D eigenvalue weighted by atomic mass is 16.3. The summed E-state index contributed by atoms with van der Waals surface area (Å²) in [7, 11) is 0. The lowest BCUT2D eigenvalue weighted by Crippen LogP contribution is -2.02. The van der Waals surface area contributed by atoms with Gasteiger partial charge in [-0.1, -0.05) is 23.8 Å². The molecule has 2 heterocycles. The molecule has 4 heteroatoms. The lowest BCUT2D eigenvalue weighted by molar-refractivity contribution is 0.602. The summed E-state index contributed by atoms with van der Waals surface area (Å²) in [6.45, 7) is 6.39. The molecule has 23 heavy (non-hydrogen) atoms. The van der Waals surface area contributed by atoms with Crippen molar-refractivity contribution in [3.05, 3.63) is 65.8 Å². The molecule has 0 aliphatic heterocycles. The number of fused-ring (bicyclic) bond motifs is 1. The first-order chi connectivity index (χ1) is 11.1. The number of rotatable bonds is 2. The Labute approximate surface area is 134 Å². The molecule has 0 aliphatic carbocycles. The molecule has 4 nitrogen and oxygen atoms in total. The molecule has 4 rings (SSSR count). The minimum Gasteiger partial charge on any atom is -0.443 e. The van der Waals surface area contributed by atoms with Crippen LogP contribution in [0.1, 0.15) is 16.7 Å². The standard InChI is InChI=1S/C19H17N3O/c1-12-9-13(2)17(14(3)10-12)22-8-7-20-19(22)15-5-4-6-16-18(15)23-11-21-16/h4-11H,1-3H3. The van der Waals surface area contributed by atoms with E-state index in [2.05, 4.69) is 47.4 Å². The number of nitrogens with zero attached hydrogens (tertiary/aromatic N) is 3. The summed E-state index contributed by atoms with van der Waals surface area (Å²) >= 11 is 0. The average Bonchev–Trinajstić information content (AvgIpc) is 3.14. The molecule has 0 saturated heterocycles. The van der Waals surface area contributed by atoms with Crippen molar-refractivity contribution in [2.75, 3.05) is 0 Å². The van der Waals surface area contributed by atoms with Gasteiger partial charge in [-0.25, -0.2) is 9.97 Å². The van der Waals surface area contributed by atoms with Crippen LogP contribution in [0.2, 0.25) is 0 Å². The van der Waals surface area contributed by atoms with E-state index < -0.39 is 0 Å². The van der Waals surface area contributed by atoms with Gasteiger partial charge < -0.3 is 4.42 Å². The number of hydrogen-bond donors (Lipinski definition) is 0. The molecule has 0 spiro atoms. The second kappa shape index (κ2) is 5.09. The second-order valence-electron chi connectivity index (χ2n) is 5.87. The molecule has 0 radical (unpaired) electrons. The Morgan fingerprint density at radius 2 is 1.78 bits per heavy atom. The van der Waals surface area contributed by atoms with Crippen LogP contribution in [0.5, 0.6) is 0 Å². The van der Waals surface area contributed by atoms with Gasteiger partial charge in [0.05, 0.1) is 11.3 Å². The fraction of sp³-hybridized carbons (Fsp3) is 0.158. The van der Waals surface area contributed by atoms with Crippen LogP contribution in [0.25, 0.3) is 28.2 Å². The van der Waals surface area contributed by atoms with Gasteiger partial charge in [-0.15, -0.1) is 0 Å². The van der Waals surface area contributed by atoms with Gasteiger partial charge in [-0.3, -0.25) is 4.57 Å². The molecule has 0 atom stereocenters. The van der Waals surface area contributed by atoms with Crippen LogP contribution in [0.4, 0.5) is 0 Å². The largest absolute Gasteiger partial charge is 0.443 e. The van der Waals surface area contributed by atoms with Gasteiger partial charge in [0.15, 0.2) is 12.0 Å². The molecule has 0 aliphatic rings. The van der Waals surface area contributed by atoms with Crippen molar-refractivity contribution in [2.24, 2.45) is 0 Å². The van der Waals surface area contributed by atoms with Crippen LogP contribution in [0, 0.1) is 20.8 Å². The van der Waals surface area contributed by atoms with Crippen molar-refractivity contribution in [3.63, 3.8) is 0 Å². The minimum absolute atomic E-state index is 0.766. The predicted molar refractivity (Wildman–Crippen MR) is 90.8 cm³/mol. The molecule has 0 bridgehead atoms. The Morgan fingerprint density at radius 3 is 2.57 bits per heavy atom. The van der Waals surface area contributed by atoms with Crippen molar-refractivity contribution in [1.29, 1.82) is 0 Å². The summed E-state index contributed by atoms with van der Waals surface area (Å²) in [5.41, 5.74) is 7.45. The highest BCUT2D eigenvalue weighted by Gasteiger charge is 2.16. The first-order valence-corrected chi connectivity index (χ1v) is 7.59. The lowest BCUT2D eigenvalue weighted by Gasteiger charge is -2.15. The van der Waals surface area contributed by atoms with E-state index in [-0.39, 0.29) is 0 Å². The molecule has 0 unspecified atom stereocenters. The zero-order valence-corrected chi connectivity index (χ0v) is 13.4. The van der Waals surface area contributed by atoms with Crippen LogP contribution in [0.3, 0.4) is 0 Å². The zero-order valence-electron chi connectivity index (χ0n) is 13.4. The number of oxazole rings is 1. The average molecular weight is 303 g/mol. The fourth-order valence-corrected chi connectivity index (χ4v) is 3.30. The van der Waals surface area contributed by atoms with E-state index >= 15 is 0 Å². The first kappa shape index (κ1) is 13.8. The highest BCUT2D eigenvalue weighted by molar-refractivity contribution is 5.88. The molecule has 4 aromatic rings. The van der Waals surface area contributed by atoms with Gasteiger partial charge in [0.25, 0.3) is 0 Å². The first-order valence-electron chi connectivity index (χ1n) is 7.59. The molecular weight excluding hydrogens is 286 g/mol. The zero-order chi connectivity index (χ0) is 16.0. The topological polar surface area (TPSA) is 43.9 Å². The summed E-state index contributed by atoms with van der Waals surface area (Å²) < 4.78 is 7.71. The Hall–Kier alpha value is -2.88. The smallest absolute Gasteiger partial charge is 0.182 e. The minimum atomic E-state index is 0.766. The molecule has 2 aromatic carbocycles. The van der Waals surface area contributed by atoms with Crippen molar-refractivity contribution in [1.82, 2.24) is 14.5 Å². The Balaban J connectivity index is 1.99. The van der Waals surface area contributed by atoms with Crippen molar-refractivity contribution >= 4 is 11.1 Å². The third kappa shape index (κ3) is 2.14. The molecule has 114 valence electrons. The maximum Gasteiger partial charge on any atom is 0.182 e. The van der Waals surface area contributed by atoms with Gasteiger partial charge in [0.1, 0.15) is 11.3 Å². The molecule has 0 fully saturated rings. The van der Waals surface area contributed by atoms with Gasteiger partial charge in [0, 0.05) is 12.4 Å². The Morgan fingerprint density at radius 1 is 1.00 bits per heavy atom. The molecule has 0 amide bonds. The Kier molecular flexibility index (Phi) is 3.05. The number of imidazole rings is 1. The quantitative estimate of drug-likeness (QED) is 0.543. The molecular formula is C19H17N3O. The number of aromatic nitrogens is 3. The number of para-hydroxylation sites is 1. The van der Waals surface area contributed by atoms with E-state index in [1.54, 1.807) is 0 Å². The highest BCUT2D eigenvalue weighted by Crippen LogP contribution is 2.31. The van der Waals surface area contributed by atoms with Gasteiger partial charge >= 0.3 is 0 Å². The third-order valence-electron chi connectivity index (χ3n) is 4.11. The second-order valence-corrected chi connectivity index (χ2v) is 5.87. The summed E-state index contributed by atoms with van der Waals surface area (Å²) in [6, 6.07) is 10.3. The van der Waals surface area contributed by atoms with E-state index in [4.69, 9.17) is 4.42 Å². The maximum atomic E-state index is 5.58. The van der Waals surface area contributed by atoms with Crippen LogP contribution >= 0.6 is 0 Å². The van der Waals surface area contributed by atoms with Crippen LogP contribution in [0.15, 0.2) is 53.5 Å². The van der Waals surface area contributed by atoms with Crippen LogP contribution < -0.4 is 0 Å². The van der Waals surface area contributed by atoms with Gasteiger partial charge in [-0.05, 0) is 44.0 Å². The molecule has 2 aromatic heterocycles. The van der Waals surface area contributed by atoms with Crippen LogP contribution in [-0.2, 0) is 0 Å². The number of hydrogen-bond acceptors (Lipinski definition) is 3. The summed E-state index contributed by atoms with van der Waals surface area (Å²) in [5, 5.41) is 0. The number of benzene rings is 2. The molecule has 0 saturated carbocycles. The lowest BCUT2D eigenvalue weighted by atomic mass is 10.0.